The lowest BCUT2D eigenvalue weighted by Gasteiger charge is -2.48. The molecular weight excluding hydrogens is 419 g/mol. The van der Waals surface area contributed by atoms with Crippen LogP contribution in [0.25, 0.3) is 5.57 Å². The topological polar surface area (TPSA) is 46.5 Å². The fraction of sp³-hybridized carbons (Fsp3) is 0.542. The molecule has 2 heterocycles. The van der Waals surface area contributed by atoms with Crippen LogP contribution in [0.5, 0.6) is 0 Å². The number of hydrogen-bond acceptors (Lipinski definition) is 5. The lowest BCUT2D eigenvalue weighted by molar-refractivity contribution is -0.156. The molecule has 3 aliphatic rings. The number of allylic oxidation sites excluding steroid dienone is 3. The first-order valence-electron chi connectivity index (χ1n) is 10.6. The monoisotopic (exact) mass is 448 g/mol. The summed E-state index contributed by atoms with van der Waals surface area (Å²) in [6, 6.07) is 6.79. The quantitative estimate of drug-likeness (QED) is 0.611. The van der Waals surface area contributed by atoms with E-state index in [1.807, 2.05) is 18.2 Å². The van der Waals surface area contributed by atoms with Crippen molar-refractivity contribution in [1.29, 1.82) is 0 Å². The molecule has 4 rings (SSSR count). The van der Waals surface area contributed by atoms with E-state index in [1.165, 1.54) is 41.2 Å². The molecule has 0 unspecified atom stereocenters. The molecule has 3 nitrogen and oxygen atoms in total. The molecule has 0 saturated carbocycles. The highest BCUT2D eigenvalue weighted by Crippen LogP contribution is 2.59. The molecule has 1 aromatic rings. The number of hydrogen-bond donors (Lipinski definition) is 1. The Morgan fingerprint density at radius 1 is 1.20 bits per heavy atom. The van der Waals surface area contributed by atoms with Crippen molar-refractivity contribution in [1.82, 2.24) is 0 Å². The van der Waals surface area contributed by atoms with Crippen LogP contribution in [0.3, 0.4) is 0 Å². The summed E-state index contributed by atoms with van der Waals surface area (Å²) in [7, 11) is 0. The minimum atomic E-state index is -0.649. The van der Waals surface area contributed by atoms with E-state index >= 15 is 0 Å². The Morgan fingerprint density at radius 2 is 1.90 bits per heavy atom. The van der Waals surface area contributed by atoms with Crippen molar-refractivity contribution in [2.24, 2.45) is 5.41 Å². The molecular formula is C24H29FO3S2. The van der Waals surface area contributed by atoms with Crippen LogP contribution in [0.2, 0.25) is 0 Å². The zero-order valence-electron chi connectivity index (χ0n) is 17.5. The Bertz CT molecular complexity index is 854. The number of halogens is 1. The van der Waals surface area contributed by atoms with E-state index in [-0.39, 0.29) is 27.7 Å². The van der Waals surface area contributed by atoms with Gasteiger partial charge in [0.2, 0.25) is 0 Å². The number of aliphatic hydroxyl groups is 1. The molecule has 0 aromatic heterocycles. The lowest BCUT2D eigenvalue weighted by Crippen LogP contribution is -2.37. The second-order valence-electron chi connectivity index (χ2n) is 9.08. The van der Waals surface area contributed by atoms with E-state index in [2.05, 4.69) is 43.4 Å². The average Bonchev–Trinajstić information content (AvgIpc) is 2.67. The first-order valence-corrected chi connectivity index (χ1v) is 12.6. The summed E-state index contributed by atoms with van der Waals surface area (Å²) in [4.78, 5) is 11.7. The third-order valence-corrected chi connectivity index (χ3v) is 9.41. The van der Waals surface area contributed by atoms with Crippen molar-refractivity contribution < 1.29 is 19.0 Å². The molecule has 162 valence electrons. The minimum absolute atomic E-state index is 0.0658. The number of esters is 1. The van der Waals surface area contributed by atoms with Crippen LogP contribution in [0, 0.1) is 11.2 Å². The summed E-state index contributed by atoms with van der Waals surface area (Å²) in [5, 5.41) is 9.92. The maximum atomic E-state index is 13.6. The predicted octanol–water partition coefficient (Wildman–Crippen LogP) is 5.59. The second kappa shape index (κ2) is 8.71. The molecule has 1 N–H and O–H groups in total. The molecule has 0 amide bonds. The van der Waals surface area contributed by atoms with Gasteiger partial charge in [-0.15, -0.1) is 23.5 Å². The molecule has 6 heteroatoms. The normalized spacial score (nSPS) is 28.7. The van der Waals surface area contributed by atoms with Crippen LogP contribution >= 0.6 is 23.5 Å². The summed E-state index contributed by atoms with van der Waals surface area (Å²) in [5.41, 5.74) is 3.43. The van der Waals surface area contributed by atoms with Gasteiger partial charge in [0, 0.05) is 6.42 Å². The Labute approximate surface area is 186 Å². The number of carbonyl (C=O) groups excluding carboxylic acids is 1. The fourth-order valence-corrected chi connectivity index (χ4v) is 8.55. The van der Waals surface area contributed by atoms with Crippen LogP contribution in [0.4, 0.5) is 4.39 Å². The molecule has 2 aliphatic heterocycles. The Kier molecular flexibility index (Phi) is 6.38. The zero-order valence-corrected chi connectivity index (χ0v) is 19.2. The van der Waals surface area contributed by atoms with Gasteiger partial charge < -0.3 is 9.84 Å². The minimum Gasteiger partial charge on any atom is -0.458 e. The lowest BCUT2D eigenvalue weighted by atomic mass is 9.70. The van der Waals surface area contributed by atoms with Crippen LogP contribution in [0.15, 0.2) is 42.0 Å². The number of aliphatic hydroxyl groups excluding tert-OH is 1. The van der Waals surface area contributed by atoms with E-state index in [9.17, 15) is 14.3 Å². The van der Waals surface area contributed by atoms with Crippen molar-refractivity contribution >= 4 is 35.1 Å². The van der Waals surface area contributed by atoms with Crippen LogP contribution in [0.1, 0.15) is 51.5 Å². The largest absolute Gasteiger partial charge is 0.458 e. The van der Waals surface area contributed by atoms with E-state index < -0.39 is 12.2 Å². The summed E-state index contributed by atoms with van der Waals surface area (Å²) < 4.78 is 19.2. The van der Waals surface area contributed by atoms with Crippen molar-refractivity contribution in [2.45, 2.75) is 62.2 Å². The molecule has 1 aliphatic carbocycles. The number of benzene rings is 1. The van der Waals surface area contributed by atoms with Gasteiger partial charge in [0.25, 0.3) is 0 Å². The van der Waals surface area contributed by atoms with Gasteiger partial charge in [0.1, 0.15) is 11.9 Å². The van der Waals surface area contributed by atoms with Gasteiger partial charge in [-0.3, -0.25) is 4.79 Å². The Morgan fingerprint density at radius 3 is 2.57 bits per heavy atom. The molecule has 0 radical (unpaired) electrons. The van der Waals surface area contributed by atoms with E-state index in [0.717, 1.165) is 18.4 Å². The van der Waals surface area contributed by atoms with Crippen molar-refractivity contribution in [3.05, 3.63) is 53.4 Å². The molecule has 2 atom stereocenters. The van der Waals surface area contributed by atoms with Gasteiger partial charge in [-0.1, -0.05) is 32.1 Å². The van der Waals surface area contributed by atoms with Crippen LogP contribution in [-0.4, -0.2) is 38.9 Å². The van der Waals surface area contributed by atoms with Gasteiger partial charge in [0.05, 0.1) is 16.6 Å². The first kappa shape index (κ1) is 22.0. The molecule has 30 heavy (non-hydrogen) atoms. The van der Waals surface area contributed by atoms with E-state index in [0.29, 0.717) is 6.42 Å². The van der Waals surface area contributed by atoms with Crippen LogP contribution < -0.4 is 0 Å². The van der Waals surface area contributed by atoms with Crippen molar-refractivity contribution in [2.75, 3.05) is 11.5 Å². The Balaban J connectivity index is 1.73. The summed E-state index contributed by atoms with van der Waals surface area (Å²) in [6.07, 6.45) is 6.68. The second-order valence-corrected chi connectivity index (χ2v) is 12.3. The Hall–Kier alpha value is -1.24. The summed E-state index contributed by atoms with van der Waals surface area (Å²) in [5.74, 6) is 1.78. The molecule has 0 bridgehead atoms. The third-order valence-electron chi connectivity index (χ3n) is 6.09. The van der Waals surface area contributed by atoms with Gasteiger partial charge >= 0.3 is 5.97 Å². The standard InChI is InChI=1S/C24H29FO3S2/c1-23(2)15-24(29-10-3-11-30-24)14-20(16-4-6-17(25)7-5-16)21(23)9-8-19-12-18(26)13-22(27)28-19/h4-9,18-19,26H,3,10-15H2,1-2H3/b9-8+/t18-,19-/m1/s1. The number of rotatable bonds is 3. The first-order chi connectivity index (χ1) is 14.3. The molecule has 1 spiro atoms. The van der Waals surface area contributed by atoms with Crippen LogP contribution in [-0.2, 0) is 9.53 Å². The van der Waals surface area contributed by atoms with E-state index in [1.54, 1.807) is 0 Å². The predicted molar refractivity (Wildman–Crippen MR) is 123 cm³/mol. The maximum Gasteiger partial charge on any atom is 0.309 e. The third kappa shape index (κ3) is 4.81. The average molecular weight is 449 g/mol. The van der Waals surface area contributed by atoms with Gasteiger partial charge in [-0.2, -0.15) is 0 Å². The van der Waals surface area contributed by atoms with Crippen molar-refractivity contribution in [3.8, 4) is 0 Å². The molecule has 2 fully saturated rings. The molecule has 2 saturated heterocycles. The highest BCUT2D eigenvalue weighted by Gasteiger charge is 2.45. The fourth-order valence-electron chi connectivity index (χ4n) is 4.79. The number of ether oxygens (including phenoxy) is 1. The molecule has 1 aromatic carbocycles. The maximum absolute atomic E-state index is 13.6. The van der Waals surface area contributed by atoms with E-state index in [4.69, 9.17) is 4.74 Å². The van der Waals surface area contributed by atoms with Crippen molar-refractivity contribution in [3.63, 3.8) is 0 Å². The zero-order chi connectivity index (χ0) is 21.4. The SMILES string of the molecule is CC1(C)CC2(CC(c3ccc(F)cc3)=C1/C=C/[C@@H]1C[C@@H](O)CC(=O)O1)SCCCS2. The number of cyclic esters (lactones) is 1. The summed E-state index contributed by atoms with van der Waals surface area (Å²) in [6.45, 7) is 4.54. The van der Waals surface area contributed by atoms with Gasteiger partial charge in [-0.25, -0.2) is 4.39 Å². The number of carbonyl (C=O) groups is 1. The highest BCUT2D eigenvalue weighted by molar-refractivity contribution is 8.18. The smallest absolute Gasteiger partial charge is 0.309 e. The highest BCUT2D eigenvalue weighted by atomic mass is 32.2. The summed E-state index contributed by atoms with van der Waals surface area (Å²) >= 11 is 4.13. The number of thioether (sulfide) groups is 2. The van der Waals surface area contributed by atoms with Gasteiger partial charge in [-0.05, 0) is 71.1 Å². The van der Waals surface area contributed by atoms with Gasteiger partial charge in [0.15, 0.2) is 0 Å².